The first-order valence-corrected chi connectivity index (χ1v) is 7.29. The zero-order valence-electron chi connectivity index (χ0n) is 12.2. The Balaban J connectivity index is 1.87. The Morgan fingerprint density at radius 3 is 2.95 bits per heavy atom. The average Bonchev–Trinajstić information content (AvgIpc) is 2.84. The maximum absolute atomic E-state index is 12.5. The first kappa shape index (κ1) is 14.4. The number of anilines is 2. The third-order valence-electron chi connectivity index (χ3n) is 3.58. The molecule has 1 aliphatic heterocycles. The number of nitrogens with zero attached hydrogens (tertiary/aromatic N) is 4. The van der Waals surface area contributed by atoms with Gasteiger partial charge in [-0.25, -0.2) is 15.0 Å². The molecule has 3 rings (SSSR count). The van der Waals surface area contributed by atoms with Crippen LogP contribution in [0.2, 0.25) is 0 Å². The Labute approximate surface area is 128 Å². The molecule has 1 saturated heterocycles. The summed E-state index contributed by atoms with van der Waals surface area (Å²) >= 11 is 0. The molecule has 0 radical (unpaired) electrons. The van der Waals surface area contributed by atoms with Gasteiger partial charge in [0, 0.05) is 32.0 Å². The fourth-order valence-corrected chi connectivity index (χ4v) is 2.42. The molecule has 3 N–H and O–H groups in total. The van der Waals surface area contributed by atoms with Crippen molar-refractivity contribution in [3.63, 3.8) is 0 Å². The summed E-state index contributed by atoms with van der Waals surface area (Å²) < 4.78 is 0. The van der Waals surface area contributed by atoms with Gasteiger partial charge in [0.2, 0.25) is 11.7 Å². The van der Waals surface area contributed by atoms with Gasteiger partial charge in [0.25, 0.3) is 0 Å². The Hall–Kier alpha value is -2.54. The van der Waals surface area contributed by atoms with E-state index in [4.69, 9.17) is 5.73 Å². The van der Waals surface area contributed by atoms with Crippen LogP contribution in [0.25, 0.3) is 0 Å². The minimum atomic E-state index is -0.234. The van der Waals surface area contributed by atoms with Crippen molar-refractivity contribution < 1.29 is 4.79 Å². The Kier molecular flexibility index (Phi) is 4.24. The largest absolute Gasteiger partial charge is 0.383 e. The summed E-state index contributed by atoms with van der Waals surface area (Å²) in [6, 6.07) is 4.95. The minimum absolute atomic E-state index is 0.214. The van der Waals surface area contributed by atoms with Crippen molar-refractivity contribution in [1.29, 1.82) is 0 Å². The molecule has 114 valence electrons. The predicted octanol–water partition coefficient (Wildman–Crippen LogP) is 0.484. The minimum Gasteiger partial charge on any atom is -0.383 e. The van der Waals surface area contributed by atoms with E-state index in [-0.39, 0.29) is 11.6 Å². The molecule has 0 saturated carbocycles. The molecule has 3 heterocycles. The van der Waals surface area contributed by atoms with Gasteiger partial charge in [0.15, 0.2) is 0 Å². The standard InChI is InChI=1S/C15H18N6O/c16-14-11(3-1-6-18-14)13(22)12-4-7-19-15(20-12)21-9-2-5-17-8-10-21/h1,3-4,6-7,17H,2,5,8-10H2,(H2,16,18). The topological polar surface area (TPSA) is 97.0 Å². The molecule has 0 aliphatic carbocycles. The lowest BCUT2D eigenvalue weighted by molar-refractivity contribution is 0.103. The second kappa shape index (κ2) is 6.48. The summed E-state index contributed by atoms with van der Waals surface area (Å²) in [6.45, 7) is 3.57. The van der Waals surface area contributed by atoms with Gasteiger partial charge in [-0.2, -0.15) is 0 Å². The van der Waals surface area contributed by atoms with Crippen molar-refractivity contribution in [1.82, 2.24) is 20.3 Å². The molecule has 0 aromatic carbocycles. The second-order valence-corrected chi connectivity index (χ2v) is 5.10. The molecule has 0 spiro atoms. The van der Waals surface area contributed by atoms with Crippen LogP contribution in [0.1, 0.15) is 22.5 Å². The summed E-state index contributed by atoms with van der Waals surface area (Å²) in [5.74, 6) is 0.561. The molecule has 0 atom stereocenters. The third-order valence-corrected chi connectivity index (χ3v) is 3.58. The zero-order chi connectivity index (χ0) is 15.4. The molecular weight excluding hydrogens is 280 g/mol. The number of rotatable bonds is 3. The molecule has 2 aromatic rings. The Morgan fingerprint density at radius 2 is 2.09 bits per heavy atom. The number of carbonyl (C=O) groups excluding carboxylic acids is 1. The number of carbonyl (C=O) groups is 1. The highest BCUT2D eigenvalue weighted by Crippen LogP contribution is 2.15. The summed E-state index contributed by atoms with van der Waals surface area (Å²) in [5, 5.41) is 3.33. The van der Waals surface area contributed by atoms with Gasteiger partial charge in [0.1, 0.15) is 11.5 Å². The molecule has 0 bridgehead atoms. The number of nitrogens with one attached hydrogen (secondary N) is 1. The van der Waals surface area contributed by atoms with Crippen molar-refractivity contribution in [2.75, 3.05) is 36.8 Å². The van der Waals surface area contributed by atoms with Gasteiger partial charge in [-0.1, -0.05) is 0 Å². The molecule has 2 aromatic heterocycles. The van der Waals surface area contributed by atoms with Crippen molar-refractivity contribution in [2.24, 2.45) is 0 Å². The number of ketones is 1. The van der Waals surface area contributed by atoms with Crippen LogP contribution in [0.3, 0.4) is 0 Å². The summed E-state index contributed by atoms with van der Waals surface area (Å²) in [7, 11) is 0. The number of nitrogen functional groups attached to an aromatic ring is 1. The van der Waals surface area contributed by atoms with Gasteiger partial charge >= 0.3 is 0 Å². The normalized spacial score (nSPS) is 15.4. The van der Waals surface area contributed by atoms with E-state index in [1.54, 1.807) is 30.6 Å². The van der Waals surface area contributed by atoms with E-state index in [1.165, 1.54) is 0 Å². The van der Waals surface area contributed by atoms with Crippen LogP contribution in [0.5, 0.6) is 0 Å². The van der Waals surface area contributed by atoms with Crippen molar-refractivity contribution in [3.8, 4) is 0 Å². The lowest BCUT2D eigenvalue weighted by Crippen LogP contribution is -2.29. The Morgan fingerprint density at radius 1 is 1.18 bits per heavy atom. The van der Waals surface area contributed by atoms with Gasteiger partial charge in [-0.3, -0.25) is 4.79 Å². The van der Waals surface area contributed by atoms with E-state index in [0.717, 1.165) is 32.6 Å². The lowest BCUT2D eigenvalue weighted by Gasteiger charge is -2.19. The van der Waals surface area contributed by atoms with E-state index in [1.807, 2.05) is 0 Å². The number of pyridine rings is 1. The van der Waals surface area contributed by atoms with Gasteiger partial charge < -0.3 is 16.0 Å². The number of nitrogens with two attached hydrogens (primary N) is 1. The third kappa shape index (κ3) is 3.04. The van der Waals surface area contributed by atoms with Crippen LogP contribution >= 0.6 is 0 Å². The van der Waals surface area contributed by atoms with E-state index < -0.39 is 0 Å². The van der Waals surface area contributed by atoms with E-state index >= 15 is 0 Å². The molecule has 1 aliphatic rings. The quantitative estimate of drug-likeness (QED) is 0.796. The smallest absolute Gasteiger partial charge is 0.226 e. The number of hydrogen-bond acceptors (Lipinski definition) is 7. The van der Waals surface area contributed by atoms with Crippen molar-refractivity contribution in [2.45, 2.75) is 6.42 Å². The van der Waals surface area contributed by atoms with Crippen LogP contribution in [-0.2, 0) is 0 Å². The fraction of sp³-hybridized carbons (Fsp3) is 0.333. The summed E-state index contributed by atoms with van der Waals surface area (Å²) in [6.07, 6.45) is 4.19. The molecule has 1 fully saturated rings. The van der Waals surface area contributed by atoms with E-state index in [2.05, 4.69) is 25.2 Å². The van der Waals surface area contributed by atoms with E-state index in [9.17, 15) is 4.79 Å². The van der Waals surface area contributed by atoms with Crippen LogP contribution in [-0.4, -0.2) is 46.9 Å². The second-order valence-electron chi connectivity index (χ2n) is 5.10. The number of hydrogen-bond donors (Lipinski definition) is 2. The van der Waals surface area contributed by atoms with Gasteiger partial charge in [-0.05, 0) is 31.2 Å². The average molecular weight is 298 g/mol. The fourth-order valence-electron chi connectivity index (χ4n) is 2.42. The molecule has 0 unspecified atom stereocenters. The highest BCUT2D eigenvalue weighted by molar-refractivity contribution is 6.10. The summed E-state index contributed by atoms with van der Waals surface area (Å²) in [4.78, 5) is 27.3. The first-order chi connectivity index (χ1) is 10.8. The van der Waals surface area contributed by atoms with Crippen molar-refractivity contribution in [3.05, 3.63) is 41.9 Å². The van der Waals surface area contributed by atoms with Crippen LogP contribution in [0.4, 0.5) is 11.8 Å². The highest BCUT2D eigenvalue weighted by atomic mass is 16.1. The van der Waals surface area contributed by atoms with Gasteiger partial charge in [-0.15, -0.1) is 0 Å². The van der Waals surface area contributed by atoms with Gasteiger partial charge in [0.05, 0.1) is 5.56 Å². The SMILES string of the molecule is Nc1ncccc1C(=O)c1ccnc(N2CCCNCC2)n1. The maximum Gasteiger partial charge on any atom is 0.226 e. The summed E-state index contributed by atoms with van der Waals surface area (Å²) in [5.41, 5.74) is 6.47. The highest BCUT2D eigenvalue weighted by Gasteiger charge is 2.17. The Bertz CT molecular complexity index is 667. The molecule has 22 heavy (non-hydrogen) atoms. The first-order valence-electron chi connectivity index (χ1n) is 7.29. The van der Waals surface area contributed by atoms with Crippen molar-refractivity contribution >= 4 is 17.5 Å². The molecule has 7 heteroatoms. The van der Waals surface area contributed by atoms with E-state index in [0.29, 0.717) is 17.2 Å². The molecular formula is C15H18N6O. The number of aromatic nitrogens is 3. The van der Waals surface area contributed by atoms with Crippen LogP contribution in [0, 0.1) is 0 Å². The van der Waals surface area contributed by atoms with Crippen LogP contribution < -0.4 is 16.0 Å². The lowest BCUT2D eigenvalue weighted by atomic mass is 10.1. The molecule has 7 nitrogen and oxygen atoms in total. The molecule has 0 amide bonds. The zero-order valence-corrected chi connectivity index (χ0v) is 12.2. The van der Waals surface area contributed by atoms with Crippen LogP contribution in [0.15, 0.2) is 30.6 Å². The monoisotopic (exact) mass is 298 g/mol. The predicted molar refractivity (Wildman–Crippen MR) is 83.8 cm³/mol. The maximum atomic E-state index is 12.5.